The second-order valence-electron chi connectivity index (χ2n) is 26.9. The minimum absolute atomic E-state index is 0.958. The predicted octanol–water partition coefficient (Wildman–Crippen LogP) is 24.3. The molecule has 6 aromatic heterocycles. The first kappa shape index (κ1) is 71.6. The van der Waals surface area contributed by atoms with E-state index >= 15 is 0 Å². The third kappa shape index (κ3) is 17.2. The quantitative estimate of drug-likeness (QED) is 0.0159. The first-order valence-electron chi connectivity index (χ1n) is 36.1. The second-order valence-corrected chi connectivity index (χ2v) is 29.0. The van der Waals surface area contributed by atoms with Crippen molar-refractivity contribution in [3.8, 4) is 0 Å². The Morgan fingerprint density at radius 1 is 0.268 bits per heavy atom. The number of quaternary nitrogens is 2. The van der Waals surface area contributed by atoms with Gasteiger partial charge < -0.3 is 28.9 Å². The number of hydrogen-bond donors (Lipinski definition) is 4. The number of aromatic nitrogens is 8. The van der Waals surface area contributed by atoms with Gasteiger partial charge in [0.25, 0.3) is 0 Å². The zero-order chi connectivity index (χ0) is 68.9. The van der Waals surface area contributed by atoms with Crippen molar-refractivity contribution in [3.05, 3.63) is 146 Å². The monoisotopic (exact) mass is 1340 g/mol. The van der Waals surface area contributed by atoms with Crippen molar-refractivity contribution in [2.24, 2.45) is 0 Å². The zero-order valence-electron chi connectivity index (χ0n) is 58.3. The molecule has 0 spiro atoms. The van der Waals surface area contributed by atoms with E-state index in [1.807, 2.05) is 24.3 Å². The fourth-order valence-electron chi connectivity index (χ4n) is 14.3. The maximum Gasteiger partial charge on any atom is 0.100 e. The Morgan fingerprint density at radius 3 is 0.608 bits per heavy atom. The molecule has 14 aromatic rings. The van der Waals surface area contributed by atoms with Gasteiger partial charge in [-0.05, 0) is 99.9 Å². The molecule has 97 heavy (non-hydrogen) atoms. The SMILES string of the molecule is CCCC[N+](CCCC)(CCCC)CCCC.CCCC[N+](CCCC)(CCCC)CCCC.F[Si-2](F)(F)(F)(F)F.c1ccc2c(c1)nc1c3nc4ccccc4c3c3[nH]c4ccccc4[nH]c3c21.c1ccc2c(c1)nc1c3nc4ccccc4c3c3[nH]c4ccccc4[nH]c3c21. The van der Waals surface area contributed by atoms with Gasteiger partial charge in [-0.15, -0.1) is 0 Å². The summed E-state index contributed by atoms with van der Waals surface area (Å²) in [7, 11) is -10.8. The van der Waals surface area contributed by atoms with Crippen LogP contribution in [0.1, 0.15) is 158 Å². The number of hydrogen-bond acceptors (Lipinski definition) is 4. The van der Waals surface area contributed by atoms with Crippen molar-refractivity contribution in [1.29, 1.82) is 0 Å². The molecule has 0 aliphatic heterocycles. The maximum absolute atomic E-state index is 10.8. The van der Waals surface area contributed by atoms with Gasteiger partial charge in [-0.3, -0.25) is 0 Å². The Morgan fingerprint density at radius 2 is 0.433 bits per heavy atom. The van der Waals surface area contributed by atoms with Crippen LogP contribution in [0, 0.1) is 0 Å². The van der Waals surface area contributed by atoms with Gasteiger partial charge in [0, 0.05) is 43.1 Å². The summed E-state index contributed by atoms with van der Waals surface area (Å²) in [5, 5.41) is 9.11. The summed E-state index contributed by atoms with van der Waals surface area (Å²) in [4.78, 5) is 34.6. The average molecular weight is 1340 g/mol. The van der Waals surface area contributed by atoms with E-state index in [1.54, 1.807) is 0 Å². The molecule has 516 valence electrons. The first-order valence-corrected chi connectivity index (χ1v) is 38.3. The molecule has 0 aliphatic rings. The van der Waals surface area contributed by atoms with E-state index < -0.39 is 8.63 Å². The third-order valence-electron chi connectivity index (χ3n) is 19.3. The van der Waals surface area contributed by atoms with Crippen LogP contribution < -0.4 is 0 Å². The van der Waals surface area contributed by atoms with Crippen molar-refractivity contribution in [1.82, 2.24) is 39.9 Å². The number of aromatic amines is 4. The Kier molecular flexibility index (Phi) is 22.7. The van der Waals surface area contributed by atoms with Crippen molar-refractivity contribution in [2.75, 3.05) is 52.4 Å². The third-order valence-corrected chi connectivity index (χ3v) is 19.3. The molecule has 0 bridgehead atoms. The van der Waals surface area contributed by atoms with E-state index in [1.165, 1.54) is 164 Å². The topological polar surface area (TPSA) is 115 Å². The van der Waals surface area contributed by atoms with Gasteiger partial charge in [-0.1, -0.05) is 204 Å². The molecule has 0 saturated carbocycles. The molecule has 14 rings (SSSR count). The predicted molar refractivity (Wildman–Crippen MR) is 403 cm³/mol. The molecule has 10 nitrogen and oxygen atoms in total. The van der Waals surface area contributed by atoms with Crippen LogP contribution in [0.25, 0.3) is 131 Å². The average Bonchev–Trinajstić information content (AvgIpc) is 1.57. The van der Waals surface area contributed by atoms with Crippen molar-refractivity contribution in [2.45, 2.75) is 158 Å². The van der Waals surface area contributed by atoms with Crippen LogP contribution in [0.5, 0.6) is 0 Å². The van der Waals surface area contributed by atoms with Crippen LogP contribution in [0.3, 0.4) is 0 Å². The number of nitrogens with zero attached hydrogens (tertiary/aromatic N) is 6. The number of rotatable bonds is 24. The molecule has 0 atom stereocenters. The Labute approximate surface area is 566 Å². The first-order chi connectivity index (χ1) is 46.7. The van der Waals surface area contributed by atoms with Gasteiger partial charge in [-0.2, -0.15) is 0 Å². The molecular formula is C80H100F6N10Si. The summed E-state index contributed by atoms with van der Waals surface area (Å²) in [5.41, 5.74) is 16.4. The Hall–Kier alpha value is -8.12. The van der Waals surface area contributed by atoms with Crippen LogP contribution in [0.2, 0.25) is 0 Å². The molecule has 6 heterocycles. The van der Waals surface area contributed by atoms with Crippen LogP contribution >= 0.6 is 0 Å². The maximum atomic E-state index is 9.88. The van der Waals surface area contributed by atoms with E-state index in [0.29, 0.717) is 0 Å². The van der Waals surface area contributed by atoms with Crippen LogP contribution in [0.15, 0.2) is 146 Å². The fourth-order valence-corrected chi connectivity index (χ4v) is 14.3. The van der Waals surface area contributed by atoms with Crippen molar-refractivity contribution < 1.29 is 33.6 Å². The number of benzene rings is 8. The van der Waals surface area contributed by atoms with Crippen LogP contribution in [-0.2, 0) is 0 Å². The van der Waals surface area contributed by atoms with E-state index in [0.717, 1.165) is 131 Å². The van der Waals surface area contributed by atoms with Crippen molar-refractivity contribution >= 4 is 140 Å². The fraction of sp³-hybridized carbons (Fsp3) is 0.400. The molecule has 4 N–H and O–H groups in total. The van der Waals surface area contributed by atoms with Gasteiger partial charge in [0.15, 0.2) is 0 Å². The summed E-state index contributed by atoms with van der Waals surface area (Å²) in [6, 6.07) is 49.9. The number of fused-ring (bicyclic) bond motifs is 22. The van der Waals surface area contributed by atoms with E-state index in [-0.39, 0.29) is 0 Å². The minimum atomic E-state index is -10.8. The normalized spacial score (nSPS) is 13.0. The molecule has 8 aromatic carbocycles. The molecule has 0 radical (unpaired) electrons. The molecular weight excluding hydrogens is 1240 g/mol. The van der Waals surface area contributed by atoms with Crippen molar-refractivity contribution in [3.63, 3.8) is 0 Å². The Bertz CT molecular complexity index is 4300. The Balaban J connectivity index is 0.000000140. The number of para-hydroxylation sites is 8. The molecule has 17 heteroatoms. The van der Waals surface area contributed by atoms with Gasteiger partial charge in [0.05, 0.1) is 119 Å². The molecule has 0 fully saturated rings. The smallest absolute Gasteiger partial charge is 0.100 e. The molecule has 0 saturated heterocycles. The summed E-state index contributed by atoms with van der Waals surface area (Å²) in [5.74, 6) is 0. The van der Waals surface area contributed by atoms with E-state index in [9.17, 15) is 24.6 Å². The van der Waals surface area contributed by atoms with Gasteiger partial charge in [0.2, 0.25) is 0 Å². The molecule has 0 amide bonds. The summed E-state index contributed by atoms with van der Waals surface area (Å²) in [6.07, 6.45) is 22.1. The number of unbranched alkanes of at least 4 members (excludes halogenated alkanes) is 8. The van der Waals surface area contributed by atoms with Gasteiger partial charge in [0.1, 0.15) is 22.1 Å². The van der Waals surface area contributed by atoms with Crippen LogP contribution in [-0.4, -0.2) is 110 Å². The number of H-pyrrole nitrogens is 4. The second kappa shape index (κ2) is 30.7. The standard InChI is InChI=1S/2C24H14N4.2C16H36N.F6Si/c2*1-3-9-15-13(7-1)19-21(25-15)22-20(14-8-2-4-10-16(14)26-22)24-23(19)27-17-11-5-6-12-18(17)28-24;2*1-5-9-13-17(14-10-6-2,15-11-7-3)16-12-8-4;1-7(2,3,4,5)6/h2*1-12,27-28H;2*5-16H2,1-4H3;/q;;2*+1;-2. The summed E-state index contributed by atoms with van der Waals surface area (Å²) >= 11 is 0. The van der Waals surface area contributed by atoms with Gasteiger partial charge in [-0.25, -0.2) is 19.9 Å². The molecule has 0 aliphatic carbocycles. The molecule has 0 unspecified atom stereocenters. The largest absolute Gasteiger partial charge is 0.352 e. The zero-order valence-corrected chi connectivity index (χ0v) is 59.3. The summed E-state index contributed by atoms with van der Waals surface area (Å²) in [6.45, 7) is 30.0. The number of nitrogens with one attached hydrogen (secondary N) is 4. The number of halogens is 6. The summed E-state index contributed by atoms with van der Waals surface area (Å²) < 4.78 is 62.1. The van der Waals surface area contributed by atoms with Crippen LogP contribution in [0.4, 0.5) is 24.6 Å². The van der Waals surface area contributed by atoms with E-state index in [4.69, 9.17) is 19.9 Å². The minimum Gasteiger partial charge on any atom is -0.352 e. The van der Waals surface area contributed by atoms with E-state index in [2.05, 4.69) is 197 Å². The van der Waals surface area contributed by atoms with Gasteiger partial charge >= 0.3 is 33.3 Å².